The maximum atomic E-state index is 12.0. The van der Waals surface area contributed by atoms with E-state index in [4.69, 9.17) is 0 Å². The summed E-state index contributed by atoms with van der Waals surface area (Å²) in [4.78, 5) is 16.3. The molecule has 2 unspecified atom stereocenters. The highest BCUT2D eigenvalue weighted by Gasteiger charge is 2.23. The third-order valence-electron chi connectivity index (χ3n) is 3.19. The molecule has 0 bridgehead atoms. The molecule has 1 aliphatic rings. The molecular weight excluding hydrogens is 280 g/mol. The van der Waals surface area contributed by atoms with E-state index in [1.807, 2.05) is 0 Å². The monoisotopic (exact) mass is 296 g/mol. The number of nitrogens with one attached hydrogen (secondary N) is 1. The Labute approximate surface area is 110 Å². The summed E-state index contributed by atoms with van der Waals surface area (Å²) < 4.78 is 0. The largest absolute Gasteiger partial charge is 0.348 e. The van der Waals surface area contributed by atoms with E-state index < -0.39 is 0 Å². The van der Waals surface area contributed by atoms with Gasteiger partial charge < -0.3 is 5.32 Å². The molecule has 0 aliphatic heterocycles. The molecule has 1 amide bonds. The lowest BCUT2D eigenvalue weighted by molar-refractivity contribution is 0.0934. The Morgan fingerprint density at radius 3 is 2.71 bits per heavy atom. The van der Waals surface area contributed by atoms with E-state index in [1.165, 1.54) is 19.3 Å². The predicted octanol–water partition coefficient (Wildman–Crippen LogP) is 2.91. The fraction of sp³-hybridized carbons (Fsp3) is 0.538. The quantitative estimate of drug-likeness (QED) is 0.673. The number of aromatic nitrogens is 1. The summed E-state index contributed by atoms with van der Waals surface area (Å²) in [5, 5.41) is 3.11. The molecule has 2 rings (SSSR count). The first-order valence-electron chi connectivity index (χ1n) is 6.12. The second-order valence-corrected chi connectivity index (χ2v) is 5.65. The number of carbonyl (C=O) groups is 1. The van der Waals surface area contributed by atoms with Crippen molar-refractivity contribution in [2.24, 2.45) is 0 Å². The molecule has 0 spiro atoms. The van der Waals surface area contributed by atoms with Crippen molar-refractivity contribution in [2.75, 3.05) is 0 Å². The average molecular weight is 297 g/mol. The van der Waals surface area contributed by atoms with Gasteiger partial charge in [0.2, 0.25) is 0 Å². The minimum atomic E-state index is 0.00347. The summed E-state index contributed by atoms with van der Waals surface area (Å²) >= 11 is 3.68. The Bertz CT molecular complexity index is 369. The highest BCUT2D eigenvalue weighted by Crippen LogP contribution is 2.23. The highest BCUT2D eigenvalue weighted by atomic mass is 79.9. The van der Waals surface area contributed by atoms with Crippen LogP contribution in [0.5, 0.6) is 0 Å². The lowest BCUT2D eigenvalue weighted by atomic mass is 10.1. The normalized spacial score (nSPS) is 25.0. The van der Waals surface area contributed by atoms with Crippen LogP contribution in [0.1, 0.15) is 42.5 Å². The molecule has 1 saturated carbocycles. The lowest BCUT2D eigenvalue weighted by Gasteiger charge is -2.21. The molecule has 1 aliphatic carbocycles. The molecule has 3 nitrogen and oxygen atoms in total. The molecule has 1 aromatic rings. The maximum Gasteiger partial charge on any atom is 0.251 e. The first-order valence-corrected chi connectivity index (χ1v) is 7.04. The Kier molecular flexibility index (Phi) is 4.54. The molecule has 17 heavy (non-hydrogen) atoms. The van der Waals surface area contributed by atoms with Crippen LogP contribution in [0.4, 0.5) is 0 Å². The van der Waals surface area contributed by atoms with Gasteiger partial charge in [0.25, 0.3) is 5.91 Å². The summed E-state index contributed by atoms with van der Waals surface area (Å²) in [6, 6.07) is 3.74. The topological polar surface area (TPSA) is 42.0 Å². The zero-order chi connectivity index (χ0) is 12.1. The molecule has 4 heteroatoms. The summed E-state index contributed by atoms with van der Waals surface area (Å²) in [5.41, 5.74) is 0.684. The SMILES string of the molecule is O=C(NC1CCCCCC1Br)c1ccncc1. The second-order valence-electron chi connectivity index (χ2n) is 4.47. The summed E-state index contributed by atoms with van der Waals surface area (Å²) in [5.74, 6) is 0.00347. The molecule has 0 aromatic carbocycles. The molecule has 0 radical (unpaired) electrons. The fourth-order valence-electron chi connectivity index (χ4n) is 2.18. The predicted molar refractivity (Wildman–Crippen MR) is 71.3 cm³/mol. The fourth-order valence-corrected chi connectivity index (χ4v) is 2.90. The number of carbonyl (C=O) groups excluding carboxylic acids is 1. The van der Waals surface area contributed by atoms with Crippen LogP contribution in [0.3, 0.4) is 0 Å². The molecular formula is C13H17BrN2O. The minimum absolute atomic E-state index is 0.00347. The molecule has 92 valence electrons. The smallest absolute Gasteiger partial charge is 0.251 e. The molecule has 1 aromatic heterocycles. The average Bonchev–Trinajstić information content (AvgIpc) is 2.56. The number of pyridine rings is 1. The number of rotatable bonds is 2. The van der Waals surface area contributed by atoms with Gasteiger partial charge in [-0.1, -0.05) is 35.2 Å². The summed E-state index contributed by atoms with van der Waals surface area (Å²) in [7, 11) is 0. The van der Waals surface area contributed by atoms with Gasteiger partial charge in [-0.25, -0.2) is 0 Å². The molecule has 1 fully saturated rings. The van der Waals surface area contributed by atoms with Crippen LogP contribution in [0, 0.1) is 0 Å². The van der Waals surface area contributed by atoms with Crippen LogP contribution >= 0.6 is 15.9 Å². The van der Waals surface area contributed by atoms with Crippen LogP contribution < -0.4 is 5.32 Å². The van der Waals surface area contributed by atoms with Crippen molar-refractivity contribution in [3.63, 3.8) is 0 Å². The second kappa shape index (κ2) is 6.15. The van der Waals surface area contributed by atoms with Gasteiger partial charge in [-0.3, -0.25) is 9.78 Å². The zero-order valence-corrected chi connectivity index (χ0v) is 11.3. The highest BCUT2D eigenvalue weighted by molar-refractivity contribution is 9.09. The molecule has 2 atom stereocenters. The van der Waals surface area contributed by atoms with E-state index in [-0.39, 0.29) is 11.9 Å². The van der Waals surface area contributed by atoms with Crippen molar-refractivity contribution in [3.8, 4) is 0 Å². The van der Waals surface area contributed by atoms with Crippen molar-refractivity contribution in [1.82, 2.24) is 10.3 Å². The van der Waals surface area contributed by atoms with Gasteiger partial charge >= 0.3 is 0 Å². The Morgan fingerprint density at radius 1 is 1.24 bits per heavy atom. The number of hydrogen-bond acceptors (Lipinski definition) is 2. The maximum absolute atomic E-state index is 12.0. The van der Waals surface area contributed by atoms with Crippen molar-refractivity contribution < 1.29 is 4.79 Å². The van der Waals surface area contributed by atoms with Gasteiger partial charge in [-0.15, -0.1) is 0 Å². The van der Waals surface area contributed by atoms with E-state index in [0.29, 0.717) is 10.4 Å². The third kappa shape index (κ3) is 3.53. The number of amides is 1. The van der Waals surface area contributed by atoms with Crippen LogP contribution in [-0.4, -0.2) is 21.8 Å². The molecule has 1 heterocycles. The third-order valence-corrected chi connectivity index (χ3v) is 4.29. The van der Waals surface area contributed by atoms with Crippen LogP contribution in [-0.2, 0) is 0 Å². The van der Waals surface area contributed by atoms with Gasteiger partial charge in [0.05, 0.1) is 0 Å². The van der Waals surface area contributed by atoms with E-state index in [2.05, 4.69) is 26.2 Å². The van der Waals surface area contributed by atoms with Crippen LogP contribution in [0.2, 0.25) is 0 Å². The lowest BCUT2D eigenvalue weighted by Crippen LogP contribution is -2.40. The first-order chi connectivity index (χ1) is 8.27. The van der Waals surface area contributed by atoms with Gasteiger partial charge in [-0.2, -0.15) is 0 Å². The summed E-state index contributed by atoms with van der Waals surface area (Å²) in [6.45, 7) is 0. The van der Waals surface area contributed by atoms with Gasteiger partial charge in [0, 0.05) is 28.8 Å². The Balaban J connectivity index is 1.98. The summed E-state index contributed by atoms with van der Waals surface area (Å²) in [6.07, 6.45) is 9.21. The molecule has 0 saturated heterocycles. The van der Waals surface area contributed by atoms with Crippen molar-refractivity contribution >= 4 is 21.8 Å². The number of halogens is 1. The van der Waals surface area contributed by atoms with Crippen molar-refractivity contribution in [3.05, 3.63) is 30.1 Å². The minimum Gasteiger partial charge on any atom is -0.348 e. The number of hydrogen-bond donors (Lipinski definition) is 1. The van der Waals surface area contributed by atoms with Crippen molar-refractivity contribution in [2.45, 2.75) is 43.0 Å². The van der Waals surface area contributed by atoms with Crippen LogP contribution in [0.15, 0.2) is 24.5 Å². The van der Waals surface area contributed by atoms with E-state index in [0.717, 1.165) is 12.8 Å². The van der Waals surface area contributed by atoms with Gasteiger partial charge in [-0.05, 0) is 25.0 Å². The number of alkyl halides is 1. The van der Waals surface area contributed by atoms with E-state index >= 15 is 0 Å². The number of nitrogens with zero attached hydrogens (tertiary/aromatic N) is 1. The van der Waals surface area contributed by atoms with Crippen molar-refractivity contribution in [1.29, 1.82) is 0 Å². The first kappa shape index (κ1) is 12.6. The Morgan fingerprint density at radius 2 is 1.94 bits per heavy atom. The van der Waals surface area contributed by atoms with Gasteiger partial charge in [0.1, 0.15) is 0 Å². The van der Waals surface area contributed by atoms with Gasteiger partial charge in [0.15, 0.2) is 0 Å². The standard InChI is InChI=1S/C13H17BrN2O/c14-11-4-2-1-3-5-12(11)16-13(17)10-6-8-15-9-7-10/h6-9,11-12H,1-5H2,(H,16,17). The molecule has 1 N–H and O–H groups in total. The van der Waals surface area contributed by atoms with Crippen LogP contribution in [0.25, 0.3) is 0 Å². The van der Waals surface area contributed by atoms with E-state index in [9.17, 15) is 4.79 Å². The van der Waals surface area contributed by atoms with E-state index in [1.54, 1.807) is 24.5 Å². The zero-order valence-electron chi connectivity index (χ0n) is 9.73. The Hall–Kier alpha value is -0.900.